The predicted octanol–water partition coefficient (Wildman–Crippen LogP) is -1.23. The van der Waals surface area contributed by atoms with Gasteiger partial charge in [-0.2, -0.15) is 0 Å². The lowest BCUT2D eigenvalue weighted by molar-refractivity contribution is -0.114. The highest BCUT2D eigenvalue weighted by atomic mass is 32.2. The molecule has 0 spiro atoms. The third-order valence-corrected chi connectivity index (χ3v) is 2.25. The van der Waals surface area contributed by atoms with Gasteiger partial charge in [0.15, 0.2) is 0 Å². The topological polar surface area (TPSA) is 116 Å². The molecule has 1 amide bonds. The van der Waals surface area contributed by atoms with E-state index in [0.717, 1.165) is 12.6 Å². The van der Waals surface area contributed by atoms with Gasteiger partial charge in [0.2, 0.25) is 15.9 Å². The fraction of sp³-hybridized carbons (Fsp3) is 0. The lowest BCUT2D eigenvalue weighted by Crippen LogP contribution is -2.15. The van der Waals surface area contributed by atoms with Crippen LogP contribution in [0.2, 0.25) is 0 Å². The number of primary sulfonamides is 1. The second-order valence-corrected chi connectivity index (χ2v) is 4.11. The molecule has 1 aromatic rings. The van der Waals surface area contributed by atoms with Gasteiger partial charge in [0, 0.05) is 12.4 Å². The second-order valence-electron chi connectivity index (χ2n) is 2.55. The number of aromatic nitrogens is 1. The third-order valence-electron chi connectivity index (χ3n) is 1.37. The van der Waals surface area contributed by atoms with Crippen molar-refractivity contribution in [3.63, 3.8) is 0 Å². The van der Waals surface area contributed by atoms with Gasteiger partial charge in [-0.05, 0) is 11.6 Å². The van der Waals surface area contributed by atoms with Crippen molar-refractivity contribution < 1.29 is 13.2 Å². The lowest BCUT2D eigenvalue weighted by Gasteiger charge is -1.99. The minimum atomic E-state index is -3.80. The molecule has 7 heteroatoms. The molecule has 75 valence electrons. The van der Waals surface area contributed by atoms with Gasteiger partial charge in [-0.25, -0.2) is 13.6 Å². The van der Waals surface area contributed by atoms with Crippen molar-refractivity contribution in [2.24, 2.45) is 10.9 Å². The maximum Gasteiger partial charge on any atom is 0.239 e. The SMILES string of the molecule is NC(=O)[CH]c1cncc(S(N)(=O)=O)c1. The Morgan fingerprint density at radius 3 is 2.57 bits per heavy atom. The van der Waals surface area contributed by atoms with Crippen LogP contribution in [-0.2, 0) is 14.8 Å². The van der Waals surface area contributed by atoms with E-state index in [9.17, 15) is 13.2 Å². The zero-order valence-corrected chi connectivity index (χ0v) is 7.86. The van der Waals surface area contributed by atoms with Gasteiger partial charge < -0.3 is 5.73 Å². The first kappa shape index (κ1) is 10.6. The largest absolute Gasteiger partial charge is 0.369 e. The fourth-order valence-corrected chi connectivity index (χ4v) is 1.34. The normalized spacial score (nSPS) is 11.2. The number of sulfonamides is 1. The van der Waals surface area contributed by atoms with Crippen LogP contribution in [-0.4, -0.2) is 19.3 Å². The Morgan fingerprint density at radius 2 is 2.07 bits per heavy atom. The van der Waals surface area contributed by atoms with Crippen molar-refractivity contribution in [2.75, 3.05) is 0 Å². The molecular weight excluding hydrogens is 206 g/mol. The van der Waals surface area contributed by atoms with Gasteiger partial charge in [0.05, 0.1) is 6.42 Å². The highest BCUT2D eigenvalue weighted by molar-refractivity contribution is 7.89. The Hall–Kier alpha value is -1.47. The summed E-state index contributed by atoms with van der Waals surface area (Å²) in [4.78, 5) is 13.9. The van der Waals surface area contributed by atoms with Crippen LogP contribution < -0.4 is 10.9 Å². The molecule has 0 aliphatic carbocycles. The molecule has 0 aromatic carbocycles. The Labute approximate surface area is 81.0 Å². The molecule has 1 aromatic heterocycles. The van der Waals surface area contributed by atoms with Crippen molar-refractivity contribution in [1.29, 1.82) is 0 Å². The van der Waals surface area contributed by atoms with Crippen molar-refractivity contribution >= 4 is 15.9 Å². The molecule has 6 nitrogen and oxygen atoms in total. The summed E-state index contributed by atoms with van der Waals surface area (Å²) < 4.78 is 21.8. The van der Waals surface area contributed by atoms with Crippen LogP contribution in [0.3, 0.4) is 0 Å². The van der Waals surface area contributed by atoms with Crippen molar-refractivity contribution in [3.05, 3.63) is 30.4 Å². The Kier molecular flexibility index (Phi) is 2.82. The van der Waals surface area contributed by atoms with Crippen LogP contribution in [0.4, 0.5) is 0 Å². The molecule has 0 atom stereocenters. The van der Waals surface area contributed by atoms with Crippen LogP contribution in [0.15, 0.2) is 23.4 Å². The maximum absolute atomic E-state index is 10.9. The van der Waals surface area contributed by atoms with E-state index in [1.165, 1.54) is 12.3 Å². The predicted molar refractivity (Wildman–Crippen MR) is 48.2 cm³/mol. The Morgan fingerprint density at radius 1 is 1.43 bits per heavy atom. The average Bonchev–Trinajstić information content (AvgIpc) is 2.01. The van der Waals surface area contributed by atoms with Gasteiger partial charge in [0.25, 0.3) is 0 Å². The number of primary amides is 1. The van der Waals surface area contributed by atoms with Gasteiger partial charge >= 0.3 is 0 Å². The summed E-state index contributed by atoms with van der Waals surface area (Å²) in [6.45, 7) is 0. The second kappa shape index (κ2) is 3.72. The Bertz CT molecular complexity index is 455. The van der Waals surface area contributed by atoms with E-state index in [1.807, 2.05) is 0 Å². The van der Waals surface area contributed by atoms with E-state index < -0.39 is 15.9 Å². The summed E-state index contributed by atoms with van der Waals surface area (Å²) in [7, 11) is -3.80. The smallest absolute Gasteiger partial charge is 0.239 e. The van der Waals surface area contributed by atoms with Crippen LogP contribution in [0.25, 0.3) is 0 Å². The number of rotatable bonds is 3. The summed E-state index contributed by atoms with van der Waals surface area (Å²) in [5, 5.41) is 4.86. The number of carbonyl (C=O) groups excluding carboxylic acids is 1. The molecule has 0 aliphatic rings. The molecule has 0 unspecified atom stereocenters. The minimum Gasteiger partial charge on any atom is -0.369 e. The van der Waals surface area contributed by atoms with E-state index in [2.05, 4.69) is 4.98 Å². The van der Waals surface area contributed by atoms with Crippen LogP contribution in [0, 0.1) is 6.42 Å². The van der Waals surface area contributed by atoms with Crippen molar-refractivity contribution in [3.8, 4) is 0 Å². The third kappa shape index (κ3) is 2.79. The number of hydrogen-bond donors (Lipinski definition) is 2. The average molecular weight is 214 g/mol. The van der Waals surface area contributed by atoms with Gasteiger partial charge in [0.1, 0.15) is 4.90 Å². The Balaban J connectivity index is 3.08. The minimum absolute atomic E-state index is 0.160. The molecule has 0 bridgehead atoms. The fourth-order valence-electron chi connectivity index (χ4n) is 0.834. The zero-order valence-electron chi connectivity index (χ0n) is 7.04. The molecule has 1 radical (unpaired) electrons. The summed E-state index contributed by atoms with van der Waals surface area (Å²) in [6.07, 6.45) is 3.45. The van der Waals surface area contributed by atoms with E-state index in [4.69, 9.17) is 10.9 Å². The number of carbonyl (C=O) groups is 1. The molecule has 1 rings (SSSR count). The molecular formula is C7H8N3O3S. The van der Waals surface area contributed by atoms with E-state index >= 15 is 0 Å². The molecule has 0 fully saturated rings. The first-order chi connectivity index (χ1) is 6.39. The molecule has 0 saturated carbocycles. The van der Waals surface area contributed by atoms with Gasteiger partial charge in [-0.1, -0.05) is 0 Å². The summed E-state index contributed by atoms with van der Waals surface area (Å²) in [6, 6.07) is 1.22. The monoisotopic (exact) mass is 214 g/mol. The number of hydrogen-bond acceptors (Lipinski definition) is 4. The number of amides is 1. The number of nitrogens with two attached hydrogens (primary N) is 2. The molecule has 0 aliphatic heterocycles. The van der Waals surface area contributed by atoms with Gasteiger partial charge in [-0.15, -0.1) is 0 Å². The van der Waals surface area contributed by atoms with Crippen LogP contribution >= 0.6 is 0 Å². The first-order valence-corrected chi connectivity index (χ1v) is 5.06. The standard InChI is InChI=1S/C7H8N3O3S/c8-7(11)2-5-1-6(4-10-3-5)14(9,12)13/h1-4H,(H2,8,11)(H2,9,12,13). The highest BCUT2D eigenvalue weighted by Crippen LogP contribution is 2.08. The lowest BCUT2D eigenvalue weighted by atomic mass is 10.2. The summed E-state index contributed by atoms with van der Waals surface area (Å²) in [5.41, 5.74) is 5.18. The maximum atomic E-state index is 10.9. The molecule has 1 heterocycles. The molecule has 0 saturated heterocycles. The van der Waals surface area contributed by atoms with Gasteiger partial charge in [-0.3, -0.25) is 9.78 Å². The molecule has 14 heavy (non-hydrogen) atoms. The summed E-state index contributed by atoms with van der Waals surface area (Å²) >= 11 is 0. The van der Waals surface area contributed by atoms with E-state index in [1.54, 1.807) is 0 Å². The van der Waals surface area contributed by atoms with Crippen LogP contribution in [0.1, 0.15) is 5.56 Å². The number of pyridine rings is 1. The highest BCUT2D eigenvalue weighted by Gasteiger charge is 2.09. The zero-order chi connectivity index (χ0) is 10.8. The summed E-state index contributed by atoms with van der Waals surface area (Å²) in [5.74, 6) is -0.682. The van der Waals surface area contributed by atoms with Crippen molar-refractivity contribution in [1.82, 2.24) is 4.98 Å². The van der Waals surface area contributed by atoms with E-state index in [-0.39, 0.29) is 4.90 Å². The van der Waals surface area contributed by atoms with Crippen molar-refractivity contribution in [2.45, 2.75) is 4.90 Å². The molecule has 4 N–H and O–H groups in total. The first-order valence-electron chi connectivity index (χ1n) is 3.51. The quantitative estimate of drug-likeness (QED) is 0.654. The number of nitrogens with zero attached hydrogens (tertiary/aromatic N) is 1. The van der Waals surface area contributed by atoms with E-state index in [0.29, 0.717) is 5.56 Å². The van der Waals surface area contributed by atoms with Crippen LogP contribution in [0.5, 0.6) is 0 Å².